The van der Waals surface area contributed by atoms with E-state index in [4.69, 9.17) is 5.21 Å². The molecule has 0 aliphatic carbocycles. The van der Waals surface area contributed by atoms with E-state index in [0.29, 0.717) is 11.3 Å². The van der Waals surface area contributed by atoms with E-state index in [9.17, 15) is 5.11 Å². The number of benzene rings is 1. The lowest BCUT2D eigenvalue weighted by Crippen LogP contribution is -1.82. The lowest BCUT2D eigenvalue weighted by molar-refractivity contribution is 0.319. The van der Waals surface area contributed by atoms with Crippen molar-refractivity contribution >= 4 is 11.8 Å². The molecule has 0 unspecified atom stereocenters. The summed E-state index contributed by atoms with van der Waals surface area (Å²) < 4.78 is 0. The molecule has 0 spiro atoms. The molecule has 2 N–H and O–H groups in total. The van der Waals surface area contributed by atoms with Crippen LogP contribution in [0.25, 0.3) is 6.08 Å². The molecule has 0 atom stereocenters. The fourth-order valence-corrected chi connectivity index (χ4v) is 0.872. The zero-order chi connectivity index (χ0) is 9.68. The van der Waals surface area contributed by atoms with Crippen LogP contribution in [0.1, 0.15) is 12.5 Å². The average molecular weight is 177 g/mol. The number of rotatable bonds is 2. The second-order valence-corrected chi connectivity index (χ2v) is 2.63. The zero-order valence-electron chi connectivity index (χ0n) is 7.31. The zero-order valence-corrected chi connectivity index (χ0v) is 7.31. The number of allylic oxidation sites excluding steroid dienone is 1. The van der Waals surface area contributed by atoms with Gasteiger partial charge in [0.05, 0.1) is 5.71 Å². The maximum absolute atomic E-state index is 9.34. The van der Waals surface area contributed by atoms with Gasteiger partial charge in [-0.3, -0.25) is 0 Å². The summed E-state index contributed by atoms with van der Waals surface area (Å²) in [7, 11) is 0. The van der Waals surface area contributed by atoms with Crippen molar-refractivity contribution in [3.8, 4) is 5.75 Å². The molecule has 0 saturated carbocycles. The summed E-state index contributed by atoms with van der Waals surface area (Å²) in [6.07, 6.45) is 3.30. The van der Waals surface area contributed by atoms with Crippen LogP contribution in [0.2, 0.25) is 0 Å². The third-order valence-electron chi connectivity index (χ3n) is 1.60. The van der Waals surface area contributed by atoms with Gasteiger partial charge < -0.3 is 10.3 Å². The fraction of sp³-hybridized carbons (Fsp3) is 0.100. The van der Waals surface area contributed by atoms with Crippen LogP contribution in [0.4, 0.5) is 0 Å². The van der Waals surface area contributed by atoms with E-state index >= 15 is 0 Å². The van der Waals surface area contributed by atoms with Gasteiger partial charge in [0, 0.05) is 5.56 Å². The first kappa shape index (κ1) is 9.32. The second kappa shape index (κ2) is 4.30. The average Bonchev–Trinajstić information content (AvgIpc) is 2.16. The molecule has 0 amide bonds. The Kier molecular flexibility index (Phi) is 3.09. The molecule has 0 aliphatic rings. The molecule has 13 heavy (non-hydrogen) atoms. The Morgan fingerprint density at radius 2 is 2.08 bits per heavy atom. The molecule has 0 saturated heterocycles. The van der Waals surface area contributed by atoms with Gasteiger partial charge in [-0.2, -0.15) is 0 Å². The van der Waals surface area contributed by atoms with Crippen LogP contribution in [0.15, 0.2) is 35.5 Å². The molecule has 0 heterocycles. The molecule has 1 aromatic rings. The van der Waals surface area contributed by atoms with Crippen LogP contribution in [0.5, 0.6) is 5.75 Å². The highest BCUT2D eigenvalue weighted by Gasteiger charge is 1.93. The van der Waals surface area contributed by atoms with Crippen molar-refractivity contribution in [1.82, 2.24) is 0 Å². The Balaban J connectivity index is 2.86. The van der Waals surface area contributed by atoms with Crippen molar-refractivity contribution in [3.63, 3.8) is 0 Å². The number of para-hydroxylation sites is 1. The molecular weight excluding hydrogens is 166 g/mol. The topological polar surface area (TPSA) is 52.8 Å². The molecule has 3 nitrogen and oxygen atoms in total. The highest BCUT2D eigenvalue weighted by Crippen LogP contribution is 2.16. The van der Waals surface area contributed by atoms with Crippen molar-refractivity contribution in [1.29, 1.82) is 0 Å². The highest BCUT2D eigenvalue weighted by molar-refractivity contribution is 5.96. The van der Waals surface area contributed by atoms with Gasteiger partial charge in [0.15, 0.2) is 0 Å². The summed E-state index contributed by atoms with van der Waals surface area (Å²) in [6.45, 7) is 1.66. The van der Waals surface area contributed by atoms with Gasteiger partial charge in [0.25, 0.3) is 0 Å². The smallest absolute Gasteiger partial charge is 0.122 e. The van der Waals surface area contributed by atoms with Gasteiger partial charge in [-0.05, 0) is 25.1 Å². The third kappa shape index (κ3) is 2.63. The SMILES string of the molecule is CC(/C=C/c1ccccc1O)=N/O. The summed E-state index contributed by atoms with van der Waals surface area (Å²) in [5, 5.41) is 20.7. The summed E-state index contributed by atoms with van der Waals surface area (Å²) in [5.41, 5.74) is 1.19. The molecule has 3 heteroatoms. The number of oxime groups is 1. The first-order valence-corrected chi connectivity index (χ1v) is 3.89. The van der Waals surface area contributed by atoms with E-state index in [-0.39, 0.29) is 5.75 Å². The largest absolute Gasteiger partial charge is 0.507 e. The maximum atomic E-state index is 9.34. The summed E-state index contributed by atoms with van der Waals surface area (Å²) in [4.78, 5) is 0. The van der Waals surface area contributed by atoms with Gasteiger partial charge in [-0.15, -0.1) is 0 Å². The fourth-order valence-electron chi connectivity index (χ4n) is 0.872. The summed E-state index contributed by atoms with van der Waals surface area (Å²) >= 11 is 0. The van der Waals surface area contributed by atoms with Gasteiger partial charge in [0.1, 0.15) is 5.75 Å². The van der Waals surface area contributed by atoms with Crippen molar-refractivity contribution in [3.05, 3.63) is 35.9 Å². The molecule has 1 aromatic carbocycles. The standard InChI is InChI=1S/C10H11NO2/c1-8(11-13)6-7-9-4-2-3-5-10(9)12/h2-7,12-13H,1H3/b7-6+,11-8-. The lowest BCUT2D eigenvalue weighted by atomic mass is 10.2. The quantitative estimate of drug-likeness (QED) is 0.413. The van der Waals surface area contributed by atoms with Crippen LogP contribution < -0.4 is 0 Å². The number of aromatic hydroxyl groups is 1. The van der Waals surface area contributed by atoms with Gasteiger partial charge in [-0.1, -0.05) is 23.4 Å². The van der Waals surface area contributed by atoms with E-state index in [1.165, 1.54) is 0 Å². The Hall–Kier alpha value is -1.77. The Bertz CT molecular complexity index is 343. The number of hydrogen-bond acceptors (Lipinski definition) is 3. The van der Waals surface area contributed by atoms with E-state index in [1.54, 1.807) is 37.3 Å². The minimum Gasteiger partial charge on any atom is -0.507 e. The monoisotopic (exact) mass is 177 g/mol. The maximum Gasteiger partial charge on any atom is 0.122 e. The third-order valence-corrected chi connectivity index (χ3v) is 1.60. The van der Waals surface area contributed by atoms with Crippen molar-refractivity contribution < 1.29 is 10.3 Å². The Labute approximate surface area is 76.6 Å². The predicted molar refractivity (Wildman–Crippen MR) is 52.0 cm³/mol. The van der Waals surface area contributed by atoms with Crippen LogP contribution in [0, 0.1) is 0 Å². The first-order chi connectivity index (χ1) is 6.24. The number of phenols is 1. The molecule has 1 rings (SSSR count). The van der Waals surface area contributed by atoms with Gasteiger partial charge in [-0.25, -0.2) is 0 Å². The minimum atomic E-state index is 0.212. The summed E-state index contributed by atoms with van der Waals surface area (Å²) in [6, 6.07) is 6.95. The molecule has 68 valence electrons. The molecule has 0 fully saturated rings. The number of hydrogen-bond donors (Lipinski definition) is 2. The lowest BCUT2D eigenvalue weighted by Gasteiger charge is -1.96. The normalized spacial score (nSPS) is 12.2. The van der Waals surface area contributed by atoms with Crippen LogP contribution in [-0.4, -0.2) is 16.0 Å². The van der Waals surface area contributed by atoms with Crippen molar-refractivity contribution in [2.24, 2.45) is 5.16 Å². The summed E-state index contributed by atoms with van der Waals surface area (Å²) in [5.74, 6) is 0.212. The number of nitrogens with zero attached hydrogens (tertiary/aromatic N) is 1. The highest BCUT2D eigenvalue weighted by atomic mass is 16.4. The number of phenolic OH excluding ortho intramolecular Hbond substituents is 1. The van der Waals surface area contributed by atoms with Crippen molar-refractivity contribution in [2.75, 3.05) is 0 Å². The molecule has 0 aliphatic heterocycles. The Morgan fingerprint density at radius 1 is 1.38 bits per heavy atom. The van der Waals surface area contributed by atoms with Crippen LogP contribution >= 0.6 is 0 Å². The van der Waals surface area contributed by atoms with Gasteiger partial charge >= 0.3 is 0 Å². The van der Waals surface area contributed by atoms with E-state index < -0.39 is 0 Å². The van der Waals surface area contributed by atoms with E-state index in [0.717, 1.165) is 0 Å². The predicted octanol–water partition coefficient (Wildman–Crippen LogP) is 2.26. The van der Waals surface area contributed by atoms with Crippen LogP contribution in [-0.2, 0) is 0 Å². The minimum absolute atomic E-state index is 0.212. The van der Waals surface area contributed by atoms with E-state index in [2.05, 4.69) is 5.16 Å². The first-order valence-electron chi connectivity index (χ1n) is 3.89. The molecule has 0 aromatic heterocycles. The molecule has 0 bridgehead atoms. The van der Waals surface area contributed by atoms with E-state index in [1.807, 2.05) is 6.07 Å². The Morgan fingerprint density at radius 3 is 2.69 bits per heavy atom. The molecular formula is C10H11NO2. The van der Waals surface area contributed by atoms with Gasteiger partial charge in [0.2, 0.25) is 0 Å². The second-order valence-electron chi connectivity index (χ2n) is 2.63. The van der Waals surface area contributed by atoms with Crippen molar-refractivity contribution in [2.45, 2.75) is 6.92 Å². The van der Waals surface area contributed by atoms with Crippen LogP contribution in [0.3, 0.4) is 0 Å². The molecule has 0 radical (unpaired) electrons.